The molecule has 20 heavy (non-hydrogen) atoms. The number of rotatable bonds is 3. The summed E-state index contributed by atoms with van der Waals surface area (Å²) in [5.41, 5.74) is -4.66. The maximum atomic E-state index is 13.9. The molecule has 0 saturated carbocycles. The lowest BCUT2D eigenvalue weighted by molar-refractivity contribution is -0.195. The number of aromatic amines is 1. The molecule has 112 valence electrons. The first-order valence-electron chi connectivity index (χ1n) is 5.54. The standard InChI is InChI=1S/C10H11F3N2O5/c11-5-6(18)10(3-16,8(12)13)20-7(5)15-2-1-4(17)14-9(15)19/h1-2,5-8,16,18H,3H2,(H,14,17,19)/t5-,6+,7-,10-/m1/s1. The molecule has 0 bridgehead atoms. The Hall–Kier alpha value is -1.65. The van der Waals surface area contributed by atoms with Crippen molar-refractivity contribution in [3.63, 3.8) is 0 Å². The number of ether oxygens (including phenoxy) is 1. The van der Waals surface area contributed by atoms with Gasteiger partial charge in [0.15, 0.2) is 18.0 Å². The van der Waals surface area contributed by atoms with Gasteiger partial charge in [0.05, 0.1) is 6.61 Å². The fourth-order valence-corrected chi connectivity index (χ4v) is 2.00. The number of H-pyrrole nitrogens is 1. The molecule has 0 amide bonds. The zero-order chi connectivity index (χ0) is 15.1. The van der Waals surface area contributed by atoms with Gasteiger partial charge in [-0.1, -0.05) is 0 Å². The molecule has 4 atom stereocenters. The molecule has 1 saturated heterocycles. The van der Waals surface area contributed by atoms with Crippen molar-refractivity contribution in [2.75, 3.05) is 6.61 Å². The van der Waals surface area contributed by atoms with Crippen LogP contribution in [0.2, 0.25) is 0 Å². The van der Waals surface area contributed by atoms with Crippen molar-refractivity contribution in [1.29, 1.82) is 0 Å². The summed E-state index contributed by atoms with van der Waals surface area (Å²) >= 11 is 0. The van der Waals surface area contributed by atoms with Gasteiger partial charge in [-0.2, -0.15) is 0 Å². The molecule has 3 N–H and O–H groups in total. The monoisotopic (exact) mass is 296 g/mol. The maximum Gasteiger partial charge on any atom is 0.330 e. The minimum absolute atomic E-state index is 0.523. The van der Waals surface area contributed by atoms with Crippen molar-refractivity contribution in [3.05, 3.63) is 33.1 Å². The molecule has 1 aliphatic rings. The normalized spacial score (nSPS) is 33.8. The van der Waals surface area contributed by atoms with E-state index in [0.29, 0.717) is 4.57 Å². The SMILES string of the molecule is O=c1ccn([C@@H]2O[C@@](CO)(C(F)F)[C@@H](O)[C@H]2F)c(=O)[nH]1. The topological polar surface area (TPSA) is 105 Å². The smallest absolute Gasteiger partial charge is 0.330 e. The number of nitrogens with one attached hydrogen (secondary N) is 1. The Morgan fingerprint density at radius 2 is 2.15 bits per heavy atom. The van der Waals surface area contributed by atoms with Crippen LogP contribution in [-0.4, -0.2) is 50.7 Å². The summed E-state index contributed by atoms with van der Waals surface area (Å²) in [6, 6.07) is 0.866. The highest BCUT2D eigenvalue weighted by Crippen LogP contribution is 2.41. The highest BCUT2D eigenvalue weighted by molar-refractivity contribution is 5.03. The Labute approximate surface area is 109 Å². The average Bonchev–Trinajstić information content (AvgIpc) is 2.64. The number of hydrogen-bond acceptors (Lipinski definition) is 5. The first-order valence-corrected chi connectivity index (χ1v) is 5.54. The van der Waals surface area contributed by atoms with E-state index in [9.17, 15) is 27.9 Å². The lowest BCUT2D eigenvalue weighted by Gasteiger charge is -2.28. The second-order valence-corrected chi connectivity index (χ2v) is 4.33. The summed E-state index contributed by atoms with van der Waals surface area (Å²) in [7, 11) is 0. The lowest BCUT2D eigenvalue weighted by Crippen LogP contribution is -2.51. The Morgan fingerprint density at radius 1 is 1.50 bits per heavy atom. The van der Waals surface area contributed by atoms with E-state index in [1.54, 1.807) is 4.98 Å². The summed E-state index contributed by atoms with van der Waals surface area (Å²) in [5.74, 6) is 0. The van der Waals surface area contributed by atoms with Crippen LogP contribution < -0.4 is 11.2 Å². The molecule has 1 aromatic rings. The van der Waals surface area contributed by atoms with Crippen molar-refractivity contribution in [2.24, 2.45) is 0 Å². The number of aliphatic hydroxyl groups is 2. The van der Waals surface area contributed by atoms with E-state index in [1.165, 1.54) is 0 Å². The minimum atomic E-state index is -3.37. The molecule has 0 aromatic carbocycles. The van der Waals surface area contributed by atoms with E-state index in [2.05, 4.69) is 0 Å². The largest absolute Gasteiger partial charge is 0.393 e. The van der Waals surface area contributed by atoms with Crippen LogP contribution in [0.4, 0.5) is 13.2 Å². The summed E-state index contributed by atoms with van der Waals surface area (Å²) in [6.45, 7) is -1.33. The van der Waals surface area contributed by atoms with Crippen LogP contribution in [0.25, 0.3) is 0 Å². The van der Waals surface area contributed by atoms with E-state index in [1.807, 2.05) is 0 Å². The third-order valence-corrected chi connectivity index (χ3v) is 3.16. The van der Waals surface area contributed by atoms with Gasteiger partial charge >= 0.3 is 5.69 Å². The van der Waals surface area contributed by atoms with Crippen LogP contribution >= 0.6 is 0 Å². The summed E-state index contributed by atoms with van der Waals surface area (Å²) < 4.78 is 45.0. The fourth-order valence-electron chi connectivity index (χ4n) is 2.00. The molecule has 7 nitrogen and oxygen atoms in total. The number of hydrogen-bond donors (Lipinski definition) is 3. The Kier molecular flexibility index (Phi) is 3.71. The molecule has 0 radical (unpaired) electrons. The van der Waals surface area contributed by atoms with Crippen LogP contribution in [0, 0.1) is 0 Å². The van der Waals surface area contributed by atoms with Crippen LogP contribution in [0.3, 0.4) is 0 Å². The molecule has 10 heteroatoms. The van der Waals surface area contributed by atoms with Gasteiger partial charge in [-0.3, -0.25) is 14.3 Å². The van der Waals surface area contributed by atoms with Gasteiger partial charge < -0.3 is 14.9 Å². The molecular formula is C10H11F3N2O5. The van der Waals surface area contributed by atoms with Gasteiger partial charge in [-0.25, -0.2) is 18.0 Å². The summed E-state index contributed by atoms with van der Waals surface area (Å²) in [4.78, 5) is 24.2. The van der Waals surface area contributed by atoms with E-state index in [4.69, 9.17) is 9.84 Å². The molecule has 1 aromatic heterocycles. The summed E-state index contributed by atoms with van der Waals surface area (Å²) in [6.07, 6.45) is -9.10. The lowest BCUT2D eigenvalue weighted by atomic mass is 9.97. The van der Waals surface area contributed by atoms with Gasteiger partial charge in [-0.15, -0.1) is 0 Å². The van der Waals surface area contributed by atoms with Crippen molar-refractivity contribution < 1.29 is 28.1 Å². The number of aliphatic hydroxyl groups excluding tert-OH is 2. The van der Waals surface area contributed by atoms with Crippen LogP contribution in [0.5, 0.6) is 0 Å². The van der Waals surface area contributed by atoms with Gasteiger partial charge in [0.25, 0.3) is 12.0 Å². The van der Waals surface area contributed by atoms with Crippen LogP contribution in [-0.2, 0) is 4.74 Å². The number of nitrogens with zero attached hydrogens (tertiary/aromatic N) is 1. The number of halogens is 3. The van der Waals surface area contributed by atoms with Crippen LogP contribution in [0.1, 0.15) is 6.23 Å². The highest BCUT2D eigenvalue weighted by atomic mass is 19.3. The number of alkyl halides is 3. The quantitative estimate of drug-likeness (QED) is 0.647. The van der Waals surface area contributed by atoms with Crippen LogP contribution in [0.15, 0.2) is 21.9 Å². The van der Waals surface area contributed by atoms with E-state index < -0.39 is 48.4 Å². The maximum absolute atomic E-state index is 13.9. The predicted molar refractivity (Wildman–Crippen MR) is 58.2 cm³/mol. The molecular weight excluding hydrogens is 285 g/mol. The van der Waals surface area contributed by atoms with E-state index in [0.717, 1.165) is 12.3 Å². The second-order valence-electron chi connectivity index (χ2n) is 4.33. The predicted octanol–water partition coefficient (Wildman–Crippen LogP) is -1.24. The fraction of sp³-hybridized carbons (Fsp3) is 0.600. The zero-order valence-electron chi connectivity index (χ0n) is 9.87. The van der Waals surface area contributed by atoms with Gasteiger partial charge in [0.1, 0.15) is 6.10 Å². The minimum Gasteiger partial charge on any atom is -0.393 e. The van der Waals surface area contributed by atoms with Crippen molar-refractivity contribution in [1.82, 2.24) is 9.55 Å². The molecule has 0 unspecified atom stereocenters. The highest BCUT2D eigenvalue weighted by Gasteiger charge is 2.61. The van der Waals surface area contributed by atoms with Gasteiger partial charge in [-0.05, 0) is 0 Å². The third kappa shape index (κ3) is 2.05. The Morgan fingerprint density at radius 3 is 2.60 bits per heavy atom. The third-order valence-electron chi connectivity index (χ3n) is 3.16. The first kappa shape index (κ1) is 14.8. The van der Waals surface area contributed by atoms with Crippen molar-refractivity contribution >= 4 is 0 Å². The average molecular weight is 296 g/mol. The molecule has 1 aliphatic heterocycles. The number of aromatic nitrogens is 2. The molecule has 1 fully saturated rings. The van der Waals surface area contributed by atoms with Gasteiger partial charge in [0, 0.05) is 12.3 Å². The van der Waals surface area contributed by atoms with Crippen molar-refractivity contribution in [3.8, 4) is 0 Å². The molecule has 2 rings (SSSR count). The Balaban J connectivity index is 2.45. The zero-order valence-corrected chi connectivity index (χ0v) is 9.87. The Bertz CT molecular complexity index is 603. The second kappa shape index (κ2) is 5.04. The van der Waals surface area contributed by atoms with E-state index in [-0.39, 0.29) is 0 Å². The van der Waals surface area contributed by atoms with E-state index >= 15 is 0 Å². The van der Waals surface area contributed by atoms with Gasteiger partial charge in [0.2, 0.25) is 0 Å². The summed E-state index contributed by atoms with van der Waals surface area (Å²) in [5, 5.41) is 18.5. The molecule has 2 heterocycles. The van der Waals surface area contributed by atoms with Crippen molar-refractivity contribution in [2.45, 2.75) is 30.5 Å². The molecule has 0 spiro atoms. The first-order chi connectivity index (χ1) is 9.33. The molecule has 0 aliphatic carbocycles.